The summed E-state index contributed by atoms with van der Waals surface area (Å²) in [5.41, 5.74) is 0.786. The second-order valence-electron chi connectivity index (χ2n) is 5.12. The van der Waals surface area contributed by atoms with Crippen LogP contribution in [0.2, 0.25) is 0 Å². The van der Waals surface area contributed by atoms with Crippen LogP contribution in [0, 0.1) is 0 Å². The van der Waals surface area contributed by atoms with Crippen LogP contribution in [0.5, 0.6) is 11.5 Å². The van der Waals surface area contributed by atoms with Crippen LogP contribution in [0.1, 0.15) is 25.3 Å². The number of phenolic OH excluding ortho intramolecular Hbond substituents is 2. The monoisotopic (exact) mass is 286 g/mol. The van der Waals surface area contributed by atoms with Gasteiger partial charge in [0.25, 0.3) is 0 Å². The Morgan fingerprint density at radius 3 is 2.40 bits per heavy atom. The van der Waals surface area contributed by atoms with Gasteiger partial charge in [-0.3, -0.25) is 4.79 Å². The van der Waals surface area contributed by atoms with E-state index in [-0.39, 0.29) is 22.8 Å². The molecule has 102 valence electrons. The predicted molar refractivity (Wildman–Crippen MR) is 83.0 cm³/mol. The van der Waals surface area contributed by atoms with E-state index in [1.807, 2.05) is 13.8 Å². The van der Waals surface area contributed by atoms with Gasteiger partial charge in [0.1, 0.15) is 11.5 Å². The molecule has 0 aliphatic rings. The lowest BCUT2D eigenvalue weighted by Crippen LogP contribution is -2.05. The third-order valence-electron chi connectivity index (χ3n) is 3.46. The third kappa shape index (κ3) is 1.76. The highest BCUT2D eigenvalue weighted by Gasteiger charge is 2.16. The number of aromatic hydroxyl groups is 2. The van der Waals surface area contributed by atoms with Gasteiger partial charge in [0.2, 0.25) is 0 Å². The van der Waals surface area contributed by atoms with Crippen molar-refractivity contribution < 1.29 is 10.2 Å². The average Bonchev–Trinajstić information content (AvgIpc) is 2.41. The van der Waals surface area contributed by atoms with E-state index >= 15 is 0 Å². The standard InChI is InChI=1S/C16H14O3S/c1-8(2)9-6-7-12(18)16-13(9)14(19)10-4-3-5-11(17)15(10)20-16/h3-8,17-18H,1-2H3. The highest BCUT2D eigenvalue weighted by molar-refractivity contribution is 7.25. The van der Waals surface area contributed by atoms with Crippen molar-refractivity contribution in [2.75, 3.05) is 0 Å². The highest BCUT2D eigenvalue weighted by Crippen LogP contribution is 2.38. The van der Waals surface area contributed by atoms with E-state index in [0.717, 1.165) is 5.56 Å². The molecule has 0 aliphatic carbocycles. The summed E-state index contributed by atoms with van der Waals surface area (Å²) in [6.45, 7) is 4.03. The van der Waals surface area contributed by atoms with Gasteiger partial charge in [-0.2, -0.15) is 0 Å². The van der Waals surface area contributed by atoms with Gasteiger partial charge in [-0.05, 0) is 29.7 Å². The van der Waals surface area contributed by atoms with E-state index < -0.39 is 0 Å². The fourth-order valence-electron chi connectivity index (χ4n) is 2.45. The Balaban J connectivity index is 2.63. The second kappa shape index (κ2) is 4.49. The first-order valence-electron chi connectivity index (χ1n) is 6.41. The maximum atomic E-state index is 12.7. The molecule has 2 aromatic carbocycles. The summed E-state index contributed by atoms with van der Waals surface area (Å²) in [4.78, 5) is 12.7. The Morgan fingerprint density at radius 1 is 1.00 bits per heavy atom. The molecular weight excluding hydrogens is 272 g/mol. The maximum Gasteiger partial charge on any atom is 0.196 e. The van der Waals surface area contributed by atoms with Gasteiger partial charge in [-0.15, -0.1) is 11.3 Å². The molecule has 0 unspecified atom stereocenters. The van der Waals surface area contributed by atoms with E-state index in [4.69, 9.17) is 0 Å². The average molecular weight is 286 g/mol. The molecule has 20 heavy (non-hydrogen) atoms. The van der Waals surface area contributed by atoms with Crippen molar-refractivity contribution in [2.24, 2.45) is 0 Å². The molecule has 3 aromatic rings. The van der Waals surface area contributed by atoms with Crippen LogP contribution in [0.25, 0.3) is 20.2 Å². The van der Waals surface area contributed by atoms with E-state index in [9.17, 15) is 15.0 Å². The zero-order chi connectivity index (χ0) is 14.4. The largest absolute Gasteiger partial charge is 0.506 e. The molecule has 0 fully saturated rings. The first kappa shape index (κ1) is 12.9. The first-order chi connectivity index (χ1) is 9.50. The predicted octanol–water partition coefficient (Wildman–Crippen LogP) is 3.95. The van der Waals surface area contributed by atoms with Crippen molar-refractivity contribution in [3.63, 3.8) is 0 Å². The van der Waals surface area contributed by atoms with Gasteiger partial charge in [0.05, 0.1) is 9.40 Å². The van der Waals surface area contributed by atoms with Gasteiger partial charge in [-0.25, -0.2) is 0 Å². The van der Waals surface area contributed by atoms with Crippen molar-refractivity contribution in [3.05, 3.63) is 46.1 Å². The molecule has 0 amide bonds. The maximum absolute atomic E-state index is 12.7. The molecule has 1 heterocycles. The summed E-state index contributed by atoms with van der Waals surface area (Å²) in [5.74, 6) is 0.338. The number of phenols is 2. The van der Waals surface area contributed by atoms with Crippen molar-refractivity contribution in [1.29, 1.82) is 0 Å². The van der Waals surface area contributed by atoms with Crippen molar-refractivity contribution in [1.82, 2.24) is 0 Å². The van der Waals surface area contributed by atoms with Crippen molar-refractivity contribution in [3.8, 4) is 11.5 Å². The quantitative estimate of drug-likeness (QED) is 0.666. The van der Waals surface area contributed by atoms with Crippen molar-refractivity contribution >= 4 is 31.5 Å². The van der Waals surface area contributed by atoms with Crippen LogP contribution >= 0.6 is 11.3 Å². The first-order valence-corrected chi connectivity index (χ1v) is 7.22. The number of hydrogen-bond acceptors (Lipinski definition) is 4. The fraction of sp³-hybridized carbons (Fsp3) is 0.188. The molecule has 0 bridgehead atoms. The van der Waals surface area contributed by atoms with Crippen LogP contribution in [0.4, 0.5) is 0 Å². The van der Waals surface area contributed by atoms with Crippen LogP contribution in [-0.4, -0.2) is 10.2 Å². The Kier molecular flexibility index (Phi) is 2.91. The van der Waals surface area contributed by atoms with Gasteiger partial charge >= 0.3 is 0 Å². The van der Waals surface area contributed by atoms with Crippen LogP contribution in [0.15, 0.2) is 35.1 Å². The van der Waals surface area contributed by atoms with Gasteiger partial charge < -0.3 is 10.2 Å². The summed E-state index contributed by atoms with van der Waals surface area (Å²) >= 11 is 1.25. The van der Waals surface area contributed by atoms with Crippen LogP contribution in [-0.2, 0) is 0 Å². The summed E-state index contributed by atoms with van der Waals surface area (Å²) in [5, 5.41) is 21.0. The normalized spacial score (nSPS) is 11.6. The fourth-order valence-corrected chi connectivity index (χ4v) is 3.59. The molecular formula is C16H14O3S. The Labute approximate surface area is 119 Å². The minimum atomic E-state index is -0.135. The molecule has 0 atom stereocenters. The topological polar surface area (TPSA) is 57.5 Å². The molecule has 4 heteroatoms. The van der Waals surface area contributed by atoms with E-state index in [1.54, 1.807) is 30.3 Å². The molecule has 3 rings (SSSR count). The SMILES string of the molecule is CC(C)c1ccc(O)c2sc3c(O)cccc3c(=O)c12. The summed E-state index contributed by atoms with van der Waals surface area (Å²) in [6.07, 6.45) is 0. The zero-order valence-electron chi connectivity index (χ0n) is 11.2. The molecule has 2 N–H and O–H groups in total. The third-order valence-corrected chi connectivity index (χ3v) is 4.71. The van der Waals surface area contributed by atoms with E-state index in [1.165, 1.54) is 11.3 Å². The van der Waals surface area contributed by atoms with Crippen LogP contribution in [0.3, 0.4) is 0 Å². The van der Waals surface area contributed by atoms with Gasteiger partial charge in [-0.1, -0.05) is 26.0 Å². The lowest BCUT2D eigenvalue weighted by Gasteiger charge is -2.11. The smallest absolute Gasteiger partial charge is 0.196 e. The Hall–Kier alpha value is -2.07. The molecule has 0 saturated heterocycles. The minimum Gasteiger partial charge on any atom is -0.506 e. The highest BCUT2D eigenvalue weighted by atomic mass is 32.1. The lowest BCUT2D eigenvalue weighted by atomic mass is 9.98. The zero-order valence-corrected chi connectivity index (χ0v) is 12.0. The molecule has 3 nitrogen and oxygen atoms in total. The lowest BCUT2D eigenvalue weighted by molar-refractivity contribution is 0.482. The number of rotatable bonds is 1. The van der Waals surface area contributed by atoms with Crippen molar-refractivity contribution in [2.45, 2.75) is 19.8 Å². The molecule has 0 saturated carbocycles. The van der Waals surface area contributed by atoms with E-state index in [2.05, 4.69) is 0 Å². The molecule has 0 aliphatic heterocycles. The Morgan fingerprint density at radius 2 is 1.70 bits per heavy atom. The molecule has 0 radical (unpaired) electrons. The second-order valence-corrected chi connectivity index (χ2v) is 6.14. The number of benzene rings is 2. The van der Waals surface area contributed by atoms with E-state index in [0.29, 0.717) is 20.2 Å². The minimum absolute atomic E-state index is 0.0702. The number of fused-ring (bicyclic) bond motifs is 2. The van der Waals surface area contributed by atoms with Gasteiger partial charge in [0.15, 0.2) is 5.43 Å². The number of hydrogen-bond donors (Lipinski definition) is 2. The summed E-state index contributed by atoms with van der Waals surface area (Å²) in [7, 11) is 0. The van der Waals surface area contributed by atoms with Gasteiger partial charge in [0, 0.05) is 10.8 Å². The molecule has 0 spiro atoms. The summed E-state index contributed by atoms with van der Waals surface area (Å²) in [6, 6.07) is 8.33. The van der Waals surface area contributed by atoms with Crippen LogP contribution < -0.4 is 5.43 Å². The molecule has 1 aromatic heterocycles. The Bertz CT molecular complexity index is 878. The summed E-state index contributed by atoms with van der Waals surface area (Å²) < 4.78 is 1.05.